The molecule has 3 nitrogen and oxygen atoms in total. The minimum absolute atomic E-state index is 0.0453. The van der Waals surface area contributed by atoms with Gasteiger partial charge in [-0.05, 0) is 92.5 Å². The first-order valence-corrected chi connectivity index (χ1v) is 18.0. The molecule has 3 heteroatoms. The highest BCUT2D eigenvalue weighted by atomic mass is 16.3. The molecule has 0 atom stereocenters. The number of hydrogen-bond donors (Lipinski definition) is 1. The van der Waals surface area contributed by atoms with Gasteiger partial charge in [-0.3, -0.25) is 0 Å². The van der Waals surface area contributed by atoms with Crippen LogP contribution >= 0.6 is 0 Å². The van der Waals surface area contributed by atoms with E-state index in [0.29, 0.717) is 0 Å². The van der Waals surface area contributed by atoms with Crippen molar-refractivity contribution in [1.82, 2.24) is 4.57 Å². The Morgan fingerprint density at radius 1 is 0.519 bits per heavy atom. The lowest BCUT2D eigenvalue weighted by Crippen LogP contribution is -2.16. The predicted molar refractivity (Wildman–Crippen MR) is 217 cm³/mol. The zero-order valence-corrected chi connectivity index (χ0v) is 29.7. The average Bonchev–Trinajstić information content (AvgIpc) is 3.62. The van der Waals surface area contributed by atoms with Crippen LogP contribution in [-0.2, 0) is 19.1 Å². The van der Waals surface area contributed by atoms with Crippen molar-refractivity contribution in [3.63, 3.8) is 0 Å². The molecule has 52 heavy (non-hydrogen) atoms. The quantitative estimate of drug-likeness (QED) is 0.183. The fourth-order valence-corrected chi connectivity index (χ4v) is 8.28. The topological polar surface area (TPSA) is 28.4 Å². The molecule has 8 aromatic rings. The number of aliphatic hydroxyl groups is 1. The zero-order chi connectivity index (χ0) is 35.4. The summed E-state index contributed by atoms with van der Waals surface area (Å²) in [4.78, 5) is 2.38. The van der Waals surface area contributed by atoms with Crippen molar-refractivity contribution < 1.29 is 5.11 Å². The Hall–Kier alpha value is -6.16. The van der Waals surface area contributed by atoms with E-state index in [1.807, 2.05) is 12.1 Å². The molecule has 1 aromatic heterocycles. The van der Waals surface area contributed by atoms with E-state index >= 15 is 0 Å². The van der Waals surface area contributed by atoms with Gasteiger partial charge < -0.3 is 14.6 Å². The fraction of sp³-hybridized carbons (Fsp3) is 0.102. The Kier molecular flexibility index (Phi) is 7.68. The third-order valence-corrected chi connectivity index (χ3v) is 11.0. The Morgan fingerprint density at radius 3 is 1.77 bits per heavy atom. The number of anilines is 3. The van der Waals surface area contributed by atoms with E-state index in [1.54, 1.807) is 0 Å². The molecule has 1 aliphatic rings. The maximum Gasteiger partial charge on any atom is 0.0681 e. The van der Waals surface area contributed by atoms with Crippen molar-refractivity contribution in [2.24, 2.45) is 7.05 Å². The maximum absolute atomic E-state index is 9.54. The lowest BCUT2D eigenvalue weighted by Gasteiger charge is -2.28. The Balaban J connectivity index is 1.17. The van der Waals surface area contributed by atoms with E-state index in [1.165, 1.54) is 55.5 Å². The van der Waals surface area contributed by atoms with Crippen molar-refractivity contribution in [1.29, 1.82) is 0 Å². The van der Waals surface area contributed by atoms with Crippen LogP contribution < -0.4 is 4.90 Å². The second-order valence-electron chi connectivity index (χ2n) is 14.4. The second kappa shape index (κ2) is 12.6. The number of para-hydroxylation sites is 1. The number of nitrogens with zero attached hydrogens (tertiary/aromatic N) is 2. The lowest BCUT2D eigenvalue weighted by molar-refractivity contribution is 0.282. The summed E-state index contributed by atoms with van der Waals surface area (Å²) in [6.45, 7) is 4.72. The summed E-state index contributed by atoms with van der Waals surface area (Å²) in [5, 5.41) is 10.8. The van der Waals surface area contributed by atoms with Gasteiger partial charge in [0.05, 0.1) is 12.3 Å². The van der Waals surface area contributed by atoms with E-state index in [9.17, 15) is 5.11 Å². The Labute approximate surface area is 305 Å². The first-order chi connectivity index (χ1) is 25.4. The summed E-state index contributed by atoms with van der Waals surface area (Å²) >= 11 is 0. The lowest BCUT2D eigenvalue weighted by atomic mass is 9.82. The van der Waals surface area contributed by atoms with Gasteiger partial charge in [0.25, 0.3) is 0 Å². The van der Waals surface area contributed by atoms with Crippen LogP contribution in [-0.4, -0.2) is 9.67 Å². The summed E-state index contributed by atoms with van der Waals surface area (Å²) in [6, 6.07) is 61.2. The van der Waals surface area contributed by atoms with Gasteiger partial charge >= 0.3 is 0 Å². The minimum Gasteiger partial charge on any atom is -0.392 e. The van der Waals surface area contributed by atoms with Crippen LogP contribution in [0.25, 0.3) is 55.5 Å². The van der Waals surface area contributed by atoms with E-state index in [2.05, 4.69) is 188 Å². The van der Waals surface area contributed by atoms with E-state index in [-0.39, 0.29) is 12.0 Å². The van der Waals surface area contributed by atoms with Gasteiger partial charge in [-0.15, -0.1) is 0 Å². The number of aromatic nitrogens is 1. The molecule has 1 N–H and O–H groups in total. The van der Waals surface area contributed by atoms with Crippen molar-refractivity contribution in [2.45, 2.75) is 25.9 Å². The largest absolute Gasteiger partial charge is 0.392 e. The van der Waals surface area contributed by atoms with E-state index in [0.717, 1.165) is 33.8 Å². The number of aryl methyl sites for hydroxylation is 1. The number of rotatable bonds is 7. The molecule has 0 aliphatic heterocycles. The van der Waals surface area contributed by atoms with Gasteiger partial charge in [0.1, 0.15) is 0 Å². The molecule has 1 heterocycles. The molecule has 0 unspecified atom stereocenters. The molecule has 9 rings (SSSR count). The zero-order valence-electron chi connectivity index (χ0n) is 29.7. The van der Waals surface area contributed by atoms with E-state index in [4.69, 9.17) is 0 Å². The highest BCUT2D eigenvalue weighted by Gasteiger charge is 2.35. The Bertz CT molecular complexity index is 2560. The summed E-state index contributed by atoms with van der Waals surface area (Å²) in [5.74, 6) is 0. The molecule has 7 aromatic carbocycles. The molecular weight excluding hydrogens is 633 g/mol. The highest BCUT2D eigenvalue weighted by Crippen LogP contribution is 2.51. The standard InChI is InChI=1S/C49H40N2O/c1-49(2)44-15-9-7-13-41(44)42-30-29-40(31-45(42)49)51(38-25-21-35(22-26-38)34-19-17-33(32-52)18-20-34)39-27-23-36(24-28-39)47-43-14-8-10-16-46(43)50(3)48(47)37-11-5-4-6-12-37/h4-31,52H,32H2,1-3H3. The molecule has 0 spiro atoms. The van der Waals surface area contributed by atoms with Crippen LogP contribution in [0.3, 0.4) is 0 Å². The third-order valence-electron chi connectivity index (χ3n) is 11.0. The normalized spacial score (nSPS) is 12.8. The fourth-order valence-electron chi connectivity index (χ4n) is 8.28. The van der Waals surface area contributed by atoms with Gasteiger partial charge in [0, 0.05) is 46.0 Å². The van der Waals surface area contributed by atoms with Gasteiger partial charge in [0.15, 0.2) is 0 Å². The van der Waals surface area contributed by atoms with Crippen molar-refractivity contribution >= 4 is 28.0 Å². The van der Waals surface area contributed by atoms with Crippen LogP contribution in [0.15, 0.2) is 170 Å². The second-order valence-corrected chi connectivity index (χ2v) is 14.4. The molecule has 1 aliphatic carbocycles. The molecule has 0 bridgehead atoms. The first kappa shape index (κ1) is 31.8. The Morgan fingerprint density at radius 2 is 1.08 bits per heavy atom. The summed E-state index contributed by atoms with van der Waals surface area (Å²) in [6.07, 6.45) is 0. The number of fused-ring (bicyclic) bond motifs is 4. The average molecular weight is 673 g/mol. The van der Waals surface area contributed by atoms with Crippen molar-refractivity contribution in [2.75, 3.05) is 4.90 Å². The van der Waals surface area contributed by atoms with Crippen LogP contribution in [0.2, 0.25) is 0 Å². The van der Waals surface area contributed by atoms with Gasteiger partial charge in [0.2, 0.25) is 0 Å². The molecule has 0 saturated carbocycles. The van der Waals surface area contributed by atoms with Crippen molar-refractivity contribution in [3.05, 3.63) is 187 Å². The predicted octanol–water partition coefficient (Wildman–Crippen LogP) is 12.4. The SMILES string of the molecule is Cn1c(-c2ccccc2)c(-c2ccc(N(c3ccc(-c4ccc(CO)cc4)cc3)c3ccc4c(c3)C(C)(C)c3ccccc3-4)cc2)c2ccccc21. The maximum atomic E-state index is 9.54. The highest BCUT2D eigenvalue weighted by molar-refractivity contribution is 6.04. The molecule has 252 valence electrons. The summed E-state index contributed by atoms with van der Waals surface area (Å²) in [5.41, 5.74) is 17.8. The van der Waals surface area contributed by atoms with E-state index < -0.39 is 0 Å². The van der Waals surface area contributed by atoms with Gasteiger partial charge in [-0.1, -0.05) is 141 Å². The molecule has 0 saturated heterocycles. The molecular formula is C49H40N2O. The van der Waals surface area contributed by atoms with Gasteiger partial charge in [-0.2, -0.15) is 0 Å². The number of hydrogen-bond acceptors (Lipinski definition) is 2. The molecule has 0 radical (unpaired) electrons. The van der Waals surface area contributed by atoms with Gasteiger partial charge in [-0.25, -0.2) is 0 Å². The number of benzene rings is 7. The van der Waals surface area contributed by atoms with Crippen LogP contribution in [0.5, 0.6) is 0 Å². The third kappa shape index (κ3) is 5.16. The van der Waals surface area contributed by atoms with Crippen molar-refractivity contribution in [3.8, 4) is 44.6 Å². The van der Waals surface area contributed by atoms with Crippen LogP contribution in [0, 0.1) is 0 Å². The molecule has 0 fully saturated rings. The monoisotopic (exact) mass is 672 g/mol. The smallest absolute Gasteiger partial charge is 0.0681 e. The first-order valence-electron chi connectivity index (χ1n) is 18.0. The molecule has 0 amide bonds. The minimum atomic E-state index is -0.107. The number of aliphatic hydroxyl groups excluding tert-OH is 1. The van der Waals surface area contributed by atoms with Crippen LogP contribution in [0.1, 0.15) is 30.5 Å². The van der Waals surface area contributed by atoms with Crippen LogP contribution in [0.4, 0.5) is 17.1 Å². The summed E-state index contributed by atoms with van der Waals surface area (Å²) < 4.78 is 2.32. The summed E-state index contributed by atoms with van der Waals surface area (Å²) in [7, 11) is 2.17.